The van der Waals surface area contributed by atoms with Crippen LogP contribution in [0.1, 0.15) is 50.6 Å². The molecule has 1 fully saturated rings. The molecule has 0 bridgehead atoms. The number of halogens is 1. The van der Waals surface area contributed by atoms with Crippen molar-refractivity contribution >= 4 is 24.3 Å². The fourth-order valence-electron chi connectivity index (χ4n) is 3.15. The lowest BCUT2D eigenvalue weighted by Crippen LogP contribution is -2.42. The molecule has 0 saturated carbocycles. The molecule has 0 unspecified atom stereocenters. The summed E-state index contributed by atoms with van der Waals surface area (Å²) in [5.74, 6) is 1.03. The highest BCUT2D eigenvalue weighted by Crippen LogP contribution is 2.22. The molecule has 1 aliphatic rings. The van der Waals surface area contributed by atoms with Crippen molar-refractivity contribution in [1.29, 1.82) is 0 Å². The van der Waals surface area contributed by atoms with Crippen LogP contribution in [0.25, 0.3) is 0 Å². The van der Waals surface area contributed by atoms with Crippen molar-refractivity contribution in [3.8, 4) is 0 Å². The Hall–Kier alpha value is -2.12. The zero-order chi connectivity index (χ0) is 18.5. The van der Waals surface area contributed by atoms with Crippen molar-refractivity contribution in [2.75, 3.05) is 18.4 Å². The Labute approximate surface area is 166 Å². The van der Waals surface area contributed by atoms with Gasteiger partial charge in [0.1, 0.15) is 6.04 Å². The SMILES string of the molecule is CC(C)CC(=O)N1CCC(Nc2nnc([C@H](N)c3ccccc3)o2)CC1.Cl. The normalized spacial score (nSPS) is 16.1. The van der Waals surface area contributed by atoms with E-state index in [1.807, 2.05) is 35.2 Å². The number of likely N-dealkylation sites (tertiary alicyclic amines) is 1. The molecule has 3 rings (SSSR count). The van der Waals surface area contributed by atoms with Gasteiger partial charge in [0.2, 0.25) is 11.8 Å². The Morgan fingerprint density at radius 2 is 1.93 bits per heavy atom. The third kappa shape index (κ3) is 5.68. The quantitative estimate of drug-likeness (QED) is 0.782. The molecule has 1 saturated heterocycles. The van der Waals surface area contributed by atoms with Gasteiger partial charge in [-0.3, -0.25) is 4.79 Å². The van der Waals surface area contributed by atoms with Gasteiger partial charge in [-0.25, -0.2) is 0 Å². The molecule has 3 N–H and O–H groups in total. The van der Waals surface area contributed by atoms with Crippen molar-refractivity contribution in [2.45, 2.75) is 45.2 Å². The molecule has 1 aromatic heterocycles. The van der Waals surface area contributed by atoms with Crippen molar-refractivity contribution in [3.63, 3.8) is 0 Å². The smallest absolute Gasteiger partial charge is 0.315 e. The van der Waals surface area contributed by atoms with Gasteiger partial charge in [-0.05, 0) is 24.3 Å². The Morgan fingerprint density at radius 3 is 2.56 bits per heavy atom. The van der Waals surface area contributed by atoms with Crippen LogP contribution in [0.3, 0.4) is 0 Å². The van der Waals surface area contributed by atoms with Crippen molar-refractivity contribution in [1.82, 2.24) is 15.1 Å². The van der Waals surface area contributed by atoms with Crippen LogP contribution in [-0.2, 0) is 4.79 Å². The zero-order valence-electron chi connectivity index (χ0n) is 15.8. The summed E-state index contributed by atoms with van der Waals surface area (Å²) in [5, 5.41) is 11.4. The van der Waals surface area contributed by atoms with E-state index in [0.29, 0.717) is 24.2 Å². The van der Waals surface area contributed by atoms with E-state index in [9.17, 15) is 4.79 Å². The van der Waals surface area contributed by atoms with Crippen LogP contribution < -0.4 is 11.1 Å². The number of amides is 1. The largest absolute Gasteiger partial charge is 0.406 e. The summed E-state index contributed by atoms with van der Waals surface area (Å²) in [6.07, 6.45) is 2.35. The summed E-state index contributed by atoms with van der Waals surface area (Å²) in [6.45, 7) is 5.65. The molecular formula is C19H28ClN5O2. The molecule has 2 aromatic rings. The Morgan fingerprint density at radius 1 is 1.26 bits per heavy atom. The molecular weight excluding hydrogens is 366 g/mol. The number of rotatable bonds is 6. The molecule has 148 valence electrons. The van der Waals surface area contributed by atoms with E-state index < -0.39 is 6.04 Å². The van der Waals surface area contributed by atoms with E-state index in [-0.39, 0.29) is 24.4 Å². The van der Waals surface area contributed by atoms with E-state index in [0.717, 1.165) is 31.5 Å². The average molecular weight is 394 g/mol. The number of benzene rings is 1. The number of piperidine rings is 1. The van der Waals surface area contributed by atoms with E-state index in [1.54, 1.807) is 0 Å². The lowest BCUT2D eigenvalue weighted by Gasteiger charge is -2.32. The van der Waals surface area contributed by atoms with Crippen LogP contribution in [0.4, 0.5) is 6.01 Å². The third-order valence-electron chi connectivity index (χ3n) is 4.62. The predicted octanol–water partition coefficient (Wildman–Crippen LogP) is 2.99. The van der Waals surface area contributed by atoms with Crippen LogP contribution >= 0.6 is 12.4 Å². The first-order valence-electron chi connectivity index (χ1n) is 9.21. The van der Waals surface area contributed by atoms with E-state index in [1.165, 1.54) is 0 Å². The number of aromatic nitrogens is 2. The number of nitrogens with zero attached hydrogens (tertiary/aromatic N) is 3. The average Bonchev–Trinajstić information content (AvgIpc) is 3.10. The van der Waals surface area contributed by atoms with Crippen LogP contribution in [0.15, 0.2) is 34.7 Å². The lowest BCUT2D eigenvalue weighted by molar-refractivity contribution is -0.132. The maximum Gasteiger partial charge on any atom is 0.315 e. The van der Waals surface area contributed by atoms with Crippen LogP contribution in [0.2, 0.25) is 0 Å². The molecule has 8 heteroatoms. The second kappa shape index (κ2) is 9.71. The minimum Gasteiger partial charge on any atom is -0.406 e. The molecule has 0 spiro atoms. The minimum absolute atomic E-state index is 0. The second-order valence-corrected chi connectivity index (χ2v) is 7.23. The Kier molecular flexibility index (Phi) is 7.62. The van der Waals surface area contributed by atoms with Gasteiger partial charge in [-0.1, -0.05) is 49.3 Å². The van der Waals surface area contributed by atoms with Gasteiger partial charge < -0.3 is 20.4 Å². The van der Waals surface area contributed by atoms with Crippen molar-refractivity contribution in [3.05, 3.63) is 41.8 Å². The van der Waals surface area contributed by atoms with Crippen molar-refractivity contribution < 1.29 is 9.21 Å². The van der Waals surface area contributed by atoms with Gasteiger partial charge in [0.25, 0.3) is 0 Å². The lowest BCUT2D eigenvalue weighted by atomic mass is 10.0. The molecule has 0 aliphatic carbocycles. The number of nitrogens with two attached hydrogens (primary N) is 1. The monoisotopic (exact) mass is 393 g/mol. The first-order valence-corrected chi connectivity index (χ1v) is 9.21. The third-order valence-corrected chi connectivity index (χ3v) is 4.62. The first-order chi connectivity index (χ1) is 12.5. The summed E-state index contributed by atoms with van der Waals surface area (Å²) in [4.78, 5) is 14.1. The first kappa shape index (κ1) is 21.2. The van der Waals surface area contributed by atoms with Gasteiger partial charge >= 0.3 is 6.01 Å². The molecule has 2 heterocycles. The summed E-state index contributed by atoms with van der Waals surface area (Å²) >= 11 is 0. The van der Waals surface area contributed by atoms with Crippen molar-refractivity contribution in [2.24, 2.45) is 11.7 Å². The maximum absolute atomic E-state index is 12.1. The highest BCUT2D eigenvalue weighted by Gasteiger charge is 2.24. The highest BCUT2D eigenvalue weighted by molar-refractivity contribution is 5.85. The number of hydrogen-bond acceptors (Lipinski definition) is 6. The Bertz CT molecular complexity index is 714. The summed E-state index contributed by atoms with van der Waals surface area (Å²) in [5.41, 5.74) is 7.12. The van der Waals surface area contributed by atoms with Crippen LogP contribution in [0, 0.1) is 5.92 Å². The summed E-state index contributed by atoms with van der Waals surface area (Å²) in [7, 11) is 0. The maximum atomic E-state index is 12.1. The summed E-state index contributed by atoms with van der Waals surface area (Å²) in [6, 6.07) is 9.85. The molecule has 27 heavy (non-hydrogen) atoms. The topological polar surface area (TPSA) is 97.3 Å². The Balaban J connectivity index is 0.00000261. The van der Waals surface area contributed by atoms with Crippen LogP contribution in [0.5, 0.6) is 0 Å². The number of carbonyl (C=O) groups excluding carboxylic acids is 1. The minimum atomic E-state index is -0.435. The molecule has 7 nitrogen and oxygen atoms in total. The summed E-state index contributed by atoms with van der Waals surface area (Å²) < 4.78 is 5.69. The molecule has 0 radical (unpaired) electrons. The fourth-order valence-corrected chi connectivity index (χ4v) is 3.15. The predicted molar refractivity (Wildman–Crippen MR) is 107 cm³/mol. The number of carbonyl (C=O) groups is 1. The van der Waals surface area contributed by atoms with Gasteiger partial charge in [0.05, 0.1) is 0 Å². The zero-order valence-corrected chi connectivity index (χ0v) is 16.6. The molecule has 1 amide bonds. The fraction of sp³-hybridized carbons (Fsp3) is 0.526. The number of nitrogens with one attached hydrogen (secondary N) is 1. The second-order valence-electron chi connectivity index (χ2n) is 7.23. The van der Waals surface area contributed by atoms with E-state index >= 15 is 0 Å². The molecule has 1 atom stereocenters. The van der Waals surface area contributed by atoms with Gasteiger partial charge in [0.15, 0.2) is 0 Å². The van der Waals surface area contributed by atoms with E-state index in [4.69, 9.17) is 10.2 Å². The number of hydrogen-bond donors (Lipinski definition) is 2. The number of anilines is 1. The molecule has 1 aromatic carbocycles. The van der Waals surface area contributed by atoms with Gasteiger partial charge in [-0.15, -0.1) is 17.5 Å². The van der Waals surface area contributed by atoms with Gasteiger partial charge in [-0.2, -0.15) is 0 Å². The van der Waals surface area contributed by atoms with Gasteiger partial charge in [0, 0.05) is 25.6 Å². The van der Waals surface area contributed by atoms with Crippen LogP contribution in [-0.4, -0.2) is 40.1 Å². The van der Waals surface area contributed by atoms with E-state index in [2.05, 4.69) is 29.4 Å². The highest BCUT2D eigenvalue weighted by atomic mass is 35.5. The standard InChI is InChI=1S/C19H27N5O2.ClH/c1-13(2)12-16(25)24-10-8-15(9-11-24)21-19-23-22-18(26-19)17(20)14-6-4-3-5-7-14;/h3-7,13,15,17H,8-12,20H2,1-2H3,(H,21,23);1H/t17-;/m1./s1. The molecule has 1 aliphatic heterocycles.